The Morgan fingerprint density at radius 3 is 2.18 bits per heavy atom. The molecule has 34 heavy (non-hydrogen) atoms. The van der Waals surface area contributed by atoms with Crippen LogP contribution in [0.5, 0.6) is 0 Å². The van der Waals surface area contributed by atoms with E-state index < -0.39 is 0 Å². The molecular weight excluding hydrogens is 468 g/mol. The standard InChI is InChI=1S/C25H33ClN6OS/c26-20-7-5-6-19(16-20)25(8-14-33-15-9-25)18-27-24(34)30-23-28-21(31-10-1-2-11-31)17-22(29-23)32-12-3-4-13-32/h5-7,16-17H,1-4,8-15,18H2,(H2,27,28,29,30,34). The number of nitrogens with one attached hydrogen (secondary N) is 2. The molecule has 182 valence electrons. The van der Waals surface area contributed by atoms with E-state index in [9.17, 15) is 0 Å². The molecular formula is C25H33ClN6OS. The van der Waals surface area contributed by atoms with Crippen molar-refractivity contribution in [1.29, 1.82) is 0 Å². The molecule has 5 rings (SSSR count). The molecule has 2 aromatic rings. The van der Waals surface area contributed by atoms with E-state index in [0.29, 0.717) is 17.6 Å². The summed E-state index contributed by atoms with van der Waals surface area (Å²) < 4.78 is 5.66. The first kappa shape index (κ1) is 23.6. The summed E-state index contributed by atoms with van der Waals surface area (Å²) in [6, 6.07) is 10.3. The minimum atomic E-state index is -0.0755. The van der Waals surface area contributed by atoms with Gasteiger partial charge in [-0.25, -0.2) is 0 Å². The molecule has 3 aliphatic heterocycles. The molecule has 3 aliphatic rings. The Morgan fingerprint density at radius 1 is 0.971 bits per heavy atom. The van der Waals surface area contributed by atoms with Gasteiger partial charge in [-0.05, 0) is 68.4 Å². The number of nitrogens with zero attached hydrogens (tertiary/aromatic N) is 4. The lowest BCUT2D eigenvalue weighted by molar-refractivity contribution is 0.0515. The number of benzene rings is 1. The van der Waals surface area contributed by atoms with Crippen molar-refractivity contribution in [2.45, 2.75) is 43.9 Å². The number of aromatic nitrogens is 2. The zero-order chi connectivity index (χ0) is 23.4. The minimum Gasteiger partial charge on any atom is -0.381 e. The number of thiocarbonyl (C=S) groups is 1. The van der Waals surface area contributed by atoms with E-state index in [4.69, 9.17) is 38.5 Å². The molecule has 0 spiro atoms. The second kappa shape index (κ2) is 10.6. The predicted octanol–water partition coefficient (Wildman–Crippen LogP) is 4.37. The molecule has 0 radical (unpaired) electrons. The summed E-state index contributed by atoms with van der Waals surface area (Å²) >= 11 is 12.0. The lowest BCUT2D eigenvalue weighted by Gasteiger charge is -2.38. The highest BCUT2D eigenvalue weighted by molar-refractivity contribution is 7.80. The summed E-state index contributed by atoms with van der Waals surface area (Å²) in [6.45, 7) is 6.34. The SMILES string of the molecule is S=C(NCC1(c2cccc(Cl)c2)CCOCC1)Nc1nc(N2CCCC2)cc(N2CCCC2)n1. The van der Waals surface area contributed by atoms with Crippen LogP contribution in [-0.2, 0) is 10.2 Å². The van der Waals surface area contributed by atoms with Gasteiger partial charge in [-0.2, -0.15) is 9.97 Å². The maximum absolute atomic E-state index is 6.32. The van der Waals surface area contributed by atoms with E-state index in [0.717, 1.165) is 68.9 Å². The van der Waals surface area contributed by atoms with Crippen LogP contribution in [0.25, 0.3) is 0 Å². The molecule has 9 heteroatoms. The van der Waals surface area contributed by atoms with Crippen molar-refractivity contribution >= 4 is 46.5 Å². The van der Waals surface area contributed by atoms with Gasteiger partial charge in [0, 0.05) is 62.4 Å². The fraction of sp³-hybridized carbons (Fsp3) is 0.560. The first-order valence-corrected chi connectivity index (χ1v) is 13.2. The van der Waals surface area contributed by atoms with Crippen molar-refractivity contribution in [1.82, 2.24) is 15.3 Å². The molecule has 0 bridgehead atoms. The van der Waals surface area contributed by atoms with Crippen molar-refractivity contribution in [3.63, 3.8) is 0 Å². The van der Waals surface area contributed by atoms with Gasteiger partial charge in [0.2, 0.25) is 5.95 Å². The molecule has 0 aliphatic carbocycles. The van der Waals surface area contributed by atoms with E-state index in [2.05, 4.69) is 38.6 Å². The van der Waals surface area contributed by atoms with Gasteiger partial charge in [0.15, 0.2) is 5.11 Å². The van der Waals surface area contributed by atoms with Gasteiger partial charge < -0.3 is 25.2 Å². The van der Waals surface area contributed by atoms with Gasteiger partial charge in [-0.15, -0.1) is 0 Å². The Kier molecular flexibility index (Phi) is 7.37. The monoisotopic (exact) mass is 500 g/mol. The second-order valence-electron chi connectivity index (χ2n) is 9.51. The van der Waals surface area contributed by atoms with Crippen LogP contribution < -0.4 is 20.4 Å². The van der Waals surface area contributed by atoms with E-state index in [1.54, 1.807) is 0 Å². The van der Waals surface area contributed by atoms with E-state index >= 15 is 0 Å². The van der Waals surface area contributed by atoms with Crippen LogP contribution in [0, 0.1) is 0 Å². The Bertz CT molecular complexity index is 968. The molecule has 2 N–H and O–H groups in total. The molecule has 7 nitrogen and oxygen atoms in total. The average Bonchev–Trinajstić information content (AvgIpc) is 3.58. The van der Waals surface area contributed by atoms with Crippen LogP contribution in [-0.4, -0.2) is 61.0 Å². The third kappa shape index (κ3) is 5.39. The number of hydrogen-bond acceptors (Lipinski definition) is 6. The summed E-state index contributed by atoms with van der Waals surface area (Å²) in [5.41, 5.74) is 1.15. The second-order valence-corrected chi connectivity index (χ2v) is 10.4. The summed E-state index contributed by atoms with van der Waals surface area (Å²) in [7, 11) is 0. The third-order valence-corrected chi connectivity index (χ3v) is 7.74. The normalized spacial score (nSPS) is 19.9. The third-order valence-electron chi connectivity index (χ3n) is 7.26. The van der Waals surface area contributed by atoms with E-state index in [-0.39, 0.29) is 5.41 Å². The Labute approximate surface area is 212 Å². The van der Waals surface area contributed by atoms with Gasteiger partial charge in [0.1, 0.15) is 11.6 Å². The lowest BCUT2D eigenvalue weighted by atomic mass is 9.74. The number of anilines is 3. The zero-order valence-electron chi connectivity index (χ0n) is 19.6. The van der Waals surface area contributed by atoms with Crippen LogP contribution in [0.1, 0.15) is 44.1 Å². The quantitative estimate of drug-likeness (QED) is 0.567. The highest BCUT2D eigenvalue weighted by atomic mass is 35.5. The predicted molar refractivity (Wildman–Crippen MR) is 142 cm³/mol. The molecule has 1 aromatic heterocycles. The van der Waals surface area contributed by atoms with Gasteiger partial charge in [-0.3, -0.25) is 0 Å². The van der Waals surface area contributed by atoms with Crippen LogP contribution in [0.3, 0.4) is 0 Å². The Morgan fingerprint density at radius 2 is 1.59 bits per heavy atom. The summed E-state index contributed by atoms with van der Waals surface area (Å²) in [5.74, 6) is 2.53. The molecule has 4 heterocycles. The molecule has 0 saturated carbocycles. The smallest absolute Gasteiger partial charge is 0.232 e. The maximum Gasteiger partial charge on any atom is 0.232 e. The summed E-state index contributed by atoms with van der Waals surface area (Å²) in [5, 5.41) is 8.02. The van der Waals surface area contributed by atoms with Crippen molar-refractivity contribution in [2.75, 3.05) is 61.1 Å². The number of hydrogen-bond donors (Lipinski definition) is 2. The number of rotatable bonds is 6. The summed E-state index contributed by atoms with van der Waals surface area (Å²) in [4.78, 5) is 14.3. The largest absolute Gasteiger partial charge is 0.381 e. The fourth-order valence-electron chi connectivity index (χ4n) is 5.24. The zero-order valence-corrected chi connectivity index (χ0v) is 21.1. The highest BCUT2D eigenvalue weighted by Crippen LogP contribution is 2.35. The Balaban J connectivity index is 1.31. The van der Waals surface area contributed by atoms with Crippen LogP contribution >= 0.6 is 23.8 Å². The molecule has 3 fully saturated rings. The van der Waals surface area contributed by atoms with Crippen LogP contribution in [0.4, 0.5) is 17.6 Å². The molecule has 0 amide bonds. The van der Waals surface area contributed by atoms with Gasteiger partial charge in [0.05, 0.1) is 0 Å². The van der Waals surface area contributed by atoms with Crippen LogP contribution in [0.15, 0.2) is 30.3 Å². The molecule has 3 saturated heterocycles. The topological polar surface area (TPSA) is 65.6 Å². The summed E-state index contributed by atoms with van der Waals surface area (Å²) in [6.07, 6.45) is 6.68. The average molecular weight is 501 g/mol. The van der Waals surface area contributed by atoms with E-state index in [1.165, 1.54) is 31.2 Å². The van der Waals surface area contributed by atoms with Gasteiger partial charge in [-0.1, -0.05) is 23.7 Å². The molecule has 0 atom stereocenters. The fourth-order valence-corrected chi connectivity index (χ4v) is 5.59. The number of halogens is 1. The van der Waals surface area contributed by atoms with Crippen molar-refractivity contribution in [3.8, 4) is 0 Å². The first-order valence-electron chi connectivity index (χ1n) is 12.4. The van der Waals surface area contributed by atoms with Crippen molar-refractivity contribution < 1.29 is 4.74 Å². The van der Waals surface area contributed by atoms with Gasteiger partial charge in [0.25, 0.3) is 0 Å². The Hall–Kier alpha value is -2.16. The lowest BCUT2D eigenvalue weighted by Crippen LogP contribution is -2.45. The molecule has 1 aromatic carbocycles. The minimum absolute atomic E-state index is 0.0755. The number of ether oxygens (including phenoxy) is 1. The van der Waals surface area contributed by atoms with Gasteiger partial charge >= 0.3 is 0 Å². The molecule has 0 unspecified atom stereocenters. The maximum atomic E-state index is 6.32. The van der Waals surface area contributed by atoms with Crippen molar-refractivity contribution in [3.05, 3.63) is 40.9 Å². The van der Waals surface area contributed by atoms with Crippen LogP contribution in [0.2, 0.25) is 5.02 Å². The first-order chi connectivity index (χ1) is 16.6. The van der Waals surface area contributed by atoms with Crippen molar-refractivity contribution in [2.24, 2.45) is 0 Å². The highest BCUT2D eigenvalue weighted by Gasteiger charge is 2.35. The van der Waals surface area contributed by atoms with E-state index in [1.807, 2.05) is 12.1 Å².